The van der Waals surface area contributed by atoms with E-state index in [0.717, 1.165) is 32.4 Å². The van der Waals surface area contributed by atoms with Gasteiger partial charge in [-0.25, -0.2) is 5.43 Å². The number of carbonyl (C=O) groups is 1. The maximum Gasteiger partial charge on any atom is 0.236 e. The summed E-state index contributed by atoms with van der Waals surface area (Å²) < 4.78 is 0. The molecule has 1 rings (SSSR count). The molecule has 0 unspecified atom stereocenters. The third kappa shape index (κ3) is 2.50. The molecule has 0 aromatic heterocycles. The van der Waals surface area contributed by atoms with Crippen LogP contribution < -0.4 is 5.43 Å². The van der Waals surface area contributed by atoms with Crippen molar-refractivity contribution in [3.05, 3.63) is 0 Å². The van der Waals surface area contributed by atoms with Crippen LogP contribution in [-0.2, 0) is 4.79 Å². The van der Waals surface area contributed by atoms with E-state index in [1.54, 1.807) is 5.01 Å². The quantitative estimate of drug-likeness (QED) is 0.614. The largest absolute Gasteiger partial charge is 0.278 e. The van der Waals surface area contributed by atoms with Crippen molar-refractivity contribution in [2.75, 3.05) is 13.1 Å². The molecule has 0 spiro atoms. The van der Waals surface area contributed by atoms with Gasteiger partial charge in [-0.05, 0) is 12.8 Å². The van der Waals surface area contributed by atoms with Crippen molar-refractivity contribution in [1.82, 2.24) is 10.4 Å². The lowest BCUT2D eigenvalue weighted by Crippen LogP contribution is -2.39. The van der Waals surface area contributed by atoms with E-state index in [1.165, 1.54) is 6.42 Å². The molecule has 1 fully saturated rings. The molecule has 1 heterocycles. The van der Waals surface area contributed by atoms with Gasteiger partial charge in [0, 0.05) is 19.5 Å². The Morgan fingerprint density at radius 1 is 1.64 bits per heavy atom. The molecule has 0 saturated carbocycles. The highest BCUT2D eigenvalue weighted by Crippen LogP contribution is 2.05. The molecule has 1 N–H and O–H groups in total. The van der Waals surface area contributed by atoms with Crippen LogP contribution in [-0.4, -0.2) is 24.0 Å². The Morgan fingerprint density at radius 2 is 2.45 bits per heavy atom. The van der Waals surface area contributed by atoms with Crippen molar-refractivity contribution in [2.45, 2.75) is 32.6 Å². The Labute approximate surface area is 67.7 Å². The van der Waals surface area contributed by atoms with Crippen molar-refractivity contribution in [2.24, 2.45) is 0 Å². The van der Waals surface area contributed by atoms with E-state index in [2.05, 4.69) is 12.3 Å². The minimum atomic E-state index is 0.251. The number of nitrogens with one attached hydrogen (secondary N) is 1. The molecule has 1 aliphatic heterocycles. The van der Waals surface area contributed by atoms with Crippen LogP contribution in [0.25, 0.3) is 0 Å². The number of hydrazine groups is 1. The van der Waals surface area contributed by atoms with Gasteiger partial charge in [-0.15, -0.1) is 0 Å². The summed E-state index contributed by atoms with van der Waals surface area (Å²) in [5.74, 6) is 0.251. The second-order valence-electron chi connectivity index (χ2n) is 2.91. The SMILES string of the molecule is CCCCNN1CCCC1=O. The van der Waals surface area contributed by atoms with Gasteiger partial charge in [0.15, 0.2) is 0 Å². The van der Waals surface area contributed by atoms with Gasteiger partial charge in [0.1, 0.15) is 0 Å². The molecule has 0 aromatic carbocycles. The van der Waals surface area contributed by atoms with E-state index in [1.807, 2.05) is 0 Å². The molecule has 64 valence electrons. The van der Waals surface area contributed by atoms with Gasteiger partial charge in [-0.3, -0.25) is 9.80 Å². The molecular weight excluding hydrogens is 140 g/mol. The molecule has 1 saturated heterocycles. The maximum absolute atomic E-state index is 11.0. The molecule has 11 heavy (non-hydrogen) atoms. The number of hydrogen-bond donors (Lipinski definition) is 1. The second-order valence-corrected chi connectivity index (χ2v) is 2.91. The second kappa shape index (κ2) is 4.34. The Morgan fingerprint density at radius 3 is 3.00 bits per heavy atom. The summed E-state index contributed by atoms with van der Waals surface area (Å²) in [5, 5.41) is 1.75. The van der Waals surface area contributed by atoms with E-state index in [9.17, 15) is 4.79 Å². The van der Waals surface area contributed by atoms with Crippen LogP contribution in [0.1, 0.15) is 32.6 Å². The Bertz CT molecular complexity index is 136. The fourth-order valence-corrected chi connectivity index (χ4v) is 1.21. The van der Waals surface area contributed by atoms with Crippen LogP contribution in [0.2, 0.25) is 0 Å². The topological polar surface area (TPSA) is 32.3 Å². The number of unbranched alkanes of at least 4 members (excludes halogenated alkanes) is 1. The zero-order valence-electron chi connectivity index (χ0n) is 7.10. The molecule has 3 heteroatoms. The smallest absolute Gasteiger partial charge is 0.236 e. The summed E-state index contributed by atoms with van der Waals surface area (Å²) in [6.45, 7) is 3.97. The summed E-state index contributed by atoms with van der Waals surface area (Å²) in [6.07, 6.45) is 4.05. The first-order valence-electron chi connectivity index (χ1n) is 4.38. The number of hydrogen-bond acceptors (Lipinski definition) is 2. The van der Waals surface area contributed by atoms with Crippen LogP contribution in [0, 0.1) is 0 Å². The Hall–Kier alpha value is -0.570. The van der Waals surface area contributed by atoms with Crippen molar-refractivity contribution in [3.63, 3.8) is 0 Å². The van der Waals surface area contributed by atoms with E-state index in [4.69, 9.17) is 0 Å². The fraction of sp³-hybridized carbons (Fsp3) is 0.875. The standard InChI is InChI=1S/C8H16N2O/c1-2-3-6-9-10-7-4-5-8(10)11/h9H,2-7H2,1H3. The monoisotopic (exact) mass is 156 g/mol. The average molecular weight is 156 g/mol. The minimum absolute atomic E-state index is 0.251. The van der Waals surface area contributed by atoms with Gasteiger partial charge in [0.25, 0.3) is 0 Å². The normalized spacial score (nSPS) is 17.9. The number of carbonyl (C=O) groups excluding carboxylic acids is 1. The molecule has 1 aliphatic rings. The molecule has 0 radical (unpaired) electrons. The van der Waals surface area contributed by atoms with E-state index >= 15 is 0 Å². The summed E-state index contributed by atoms with van der Waals surface area (Å²) in [6, 6.07) is 0. The van der Waals surface area contributed by atoms with Crippen LogP contribution in [0.3, 0.4) is 0 Å². The third-order valence-electron chi connectivity index (χ3n) is 1.91. The first-order chi connectivity index (χ1) is 5.34. The maximum atomic E-state index is 11.0. The Kier molecular flexibility index (Phi) is 3.36. The van der Waals surface area contributed by atoms with Gasteiger partial charge in [-0.1, -0.05) is 13.3 Å². The lowest BCUT2D eigenvalue weighted by molar-refractivity contribution is -0.130. The molecular formula is C8H16N2O. The molecule has 3 nitrogen and oxygen atoms in total. The van der Waals surface area contributed by atoms with Gasteiger partial charge in [-0.2, -0.15) is 0 Å². The lowest BCUT2D eigenvalue weighted by atomic mass is 10.3. The predicted molar refractivity (Wildman–Crippen MR) is 43.9 cm³/mol. The zero-order valence-corrected chi connectivity index (χ0v) is 7.10. The minimum Gasteiger partial charge on any atom is -0.278 e. The first kappa shape index (κ1) is 8.53. The number of amides is 1. The van der Waals surface area contributed by atoms with Crippen molar-refractivity contribution in [1.29, 1.82) is 0 Å². The summed E-state index contributed by atoms with van der Waals surface area (Å²) in [7, 11) is 0. The lowest BCUT2D eigenvalue weighted by Gasteiger charge is -2.16. The average Bonchev–Trinajstić information content (AvgIpc) is 2.37. The van der Waals surface area contributed by atoms with Gasteiger partial charge >= 0.3 is 0 Å². The summed E-state index contributed by atoms with van der Waals surface area (Å²) in [5.41, 5.74) is 3.12. The molecule has 0 aromatic rings. The summed E-state index contributed by atoms with van der Waals surface area (Å²) in [4.78, 5) is 11.0. The van der Waals surface area contributed by atoms with Crippen LogP contribution in [0.5, 0.6) is 0 Å². The fourth-order valence-electron chi connectivity index (χ4n) is 1.21. The van der Waals surface area contributed by atoms with Gasteiger partial charge < -0.3 is 0 Å². The van der Waals surface area contributed by atoms with Crippen LogP contribution in [0.15, 0.2) is 0 Å². The van der Waals surface area contributed by atoms with Gasteiger partial charge in [0.2, 0.25) is 5.91 Å². The van der Waals surface area contributed by atoms with Gasteiger partial charge in [0.05, 0.1) is 0 Å². The predicted octanol–water partition coefficient (Wildman–Crippen LogP) is 0.913. The molecule has 0 bridgehead atoms. The highest BCUT2D eigenvalue weighted by molar-refractivity contribution is 5.77. The zero-order chi connectivity index (χ0) is 8.10. The van der Waals surface area contributed by atoms with Crippen LogP contribution in [0.4, 0.5) is 0 Å². The van der Waals surface area contributed by atoms with Crippen molar-refractivity contribution >= 4 is 5.91 Å². The number of nitrogens with zero attached hydrogens (tertiary/aromatic N) is 1. The highest BCUT2D eigenvalue weighted by Gasteiger charge is 2.18. The highest BCUT2D eigenvalue weighted by atomic mass is 16.2. The van der Waals surface area contributed by atoms with Crippen LogP contribution >= 0.6 is 0 Å². The first-order valence-corrected chi connectivity index (χ1v) is 4.38. The Balaban J connectivity index is 2.10. The molecule has 0 aliphatic carbocycles. The van der Waals surface area contributed by atoms with E-state index in [0.29, 0.717) is 0 Å². The van der Waals surface area contributed by atoms with Crippen molar-refractivity contribution < 1.29 is 4.79 Å². The van der Waals surface area contributed by atoms with E-state index in [-0.39, 0.29) is 5.91 Å². The van der Waals surface area contributed by atoms with Crippen molar-refractivity contribution in [3.8, 4) is 0 Å². The molecule has 1 amide bonds. The summed E-state index contributed by atoms with van der Waals surface area (Å²) >= 11 is 0. The molecule has 0 atom stereocenters. The number of rotatable bonds is 4. The van der Waals surface area contributed by atoms with E-state index < -0.39 is 0 Å². The third-order valence-corrected chi connectivity index (χ3v) is 1.91.